The first-order valence-corrected chi connectivity index (χ1v) is 6.31. The molecule has 0 aromatic rings. The van der Waals surface area contributed by atoms with E-state index in [0.717, 1.165) is 12.0 Å². The Morgan fingerprint density at radius 3 is 2.79 bits per heavy atom. The SMILES string of the molecule is CC1CCCCN1CCCC1CNC1. The Hall–Kier alpha value is -0.0800. The summed E-state index contributed by atoms with van der Waals surface area (Å²) in [5, 5.41) is 3.34. The van der Waals surface area contributed by atoms with E-state index in [0.29, 0.717) is 0 Å². The molecule has 0 aromatic carbocycles. The number of likely N-dealkylation sites (tertiary alicyclic amines) is 1. The van der Waals surface area contributed by atoms with Crippen molar-refractivity contribution >= 4 is 0 Å². The summed E-state index contributed by atoms with van der Waals surface area (Å²) in [6.45, 7) is 7.64. The van der Waals surface area contributed by atoms with Gasteiger partial charge in [-0.1, -0.05) is 6.42 Å². The van der Waals surface area contributed by atoms with E-state index < -0.39 is 0 Å². The third kappa shape index (κ3) is 2.71. The van der Waals surface area contributed by atoms with Gasteiger partial charge in [0.05, 0.1) is 0 Å². The van der Waals surface area contributed by atoms with Gasteiger partial charge in [-0.25, -0.2) is 0 Å². The smallest absolute Gasteiger partial charge is 0.00669 e. The fourth-order valence-electron chi connectivity index (χ4n) is 2.63. The topological polar surface area (TPSA) is 15.3 Å². The first-order chi connectivity index (χ1) is 6.86. The fourth-order valence-corrected chi connectivity index (χ4v) is 2.63. The zero-order valence-corrected chi connectivity index (χ0v) is 9.47. The van der Waals surface area contributed by atoms with Crippen molar-refractivity contribution in [3.63, 3.8) is 0 Å². The number of hydrogen-bond donors (Lipinski definition) is 1. The highest BCUT2D eigenvalue weighted by molar-refractivity contribution is 4.77. The van der Waals surface area contributed by atoms with Gasteiger partial charge in [0.2, 0.25) is 0 Å². The van der Waals surface area contributed by atoms with Gasteiger partial charge in [-0.05, 0) is 64.7 Å². The first kappa shape index (κ1) is 10.4. The van der Waals surface area contributed by atoms with Crippen LogP contribution in [0, 0.1) is 5.92 Å². The van der Waals surface area contributed by atoms with Gasteiger partial charge in [-0.15, -0.1) is 0 Å². The first-order valence-electron chi connectivity index (χ1n) is 6.31. The molecule has 82 valence electrons. The normalized spacial score (nSPS) is 30.2. The molecule has 0 aromatic heterocycles. The molecule has 0 radical (unpaired) electrons. The summed E-state index contributed by atoms with van der Waals surface area (Å²) in [4.78, 5) is 2.69. The van der Waals surface area contributed by atoms with Crippen LogP contribution in [-0.2, 0) is 0 Å². The third-order valence-electron chi connectivity index (χ3n) is 3.86. The van der Waals surface area contributed by atoms with E-state index >= 15 is 0 Å². The second kappa shape index (κ2) is 5.13. The Morgan fingerprint density at radius 2 is 2.14 bits per heavy atom. The maximum absolute atomic E-state index is 3.34. The van der Waals surface area contributed by atoms with Crippen LogP contribution in [0.15, 0.2) is 0 Å². The van der Waals surface area contributed by atoms with Crippen LogP contribution in [0.3, 0.4) is 0 Å². The van der Waals surface area contributed by atoms with Gasteiger partial charge < -0.3 is 10.2 Å². The molecule has 0 aliphatic carbocycles. The molecule has 1 atom stereocenters. The summed E-state index contributed by atoms with van der Waals surface area (Å²) in [7, 11) is 0. The van der Waals surface area contributed by atoms with Crippen molar-refractivity contribution in [1.29, 1.82) is 0 Å². The average molecular weight is 196 g/mol. The lowest BCUT2D eigenvalue weighted by atomic mass is 9.96. The summed E-state index contributed by atoms with van der Waals surface area (Å²) in [5.41, 5.74) is 0. The maximum atomic E-state index is 3.34. The molecular formula is C12H24N2. The van der Waals surface area contributed by atoms with Gasteiger partial charge in [-0.2, -0.15) is 0 Å². The predicted molar refractivity (Wildman–Crippen MR) is 60.5 cm³/mol. The maximum Gasteiger partial charge on any atom is 0.00669 e. The number of piperidine rings is 1. The lowest BCUT2D eigenvalue weighted by Crippen LogP contribution is -2.43. The lowest BCUT2D eigenvalue weighted by Gasteiger charge is -2.34. The molecule has 1 N–H and O–H groups in total. The van der Waals surface area contributed by atoms with Crippen molar-refractivity contribution in [2.24, 2.45) is 5.92 Å². The molecule has 0 amide bonds. The molecule has 14 heavy (non-hydrogen) atoms. The van der Waals surface area contributed by atoms with Crippen LogP contribution in [0.1, 0.15) is 39.0 Å². The molecule has 0 spiro atoms. The minimum Gasteiger partial charge on any atom is -0.316 e. The van der Waals surface area contributed by atoms with Crippen LogP contribution in [0.25, 0.3) is 0 Å². The molecule has 0 bridgehead atoms. The van der Waals surface area contributed by atoms with Gasteiger partial charge in [0, 0.05) is 6.04 Å². The zero-order chi connectivity index (χ0) is 9.80. The molecule has 2 nitrogen and oxygen atoms in total. The lowest BCUT2D eigenvalue weighted by molar-refractivity contribution is 0.152. The Balaban J connectivity index is 1.58. The van der Waals surface area contributed by atoms with Gasteiger partial charge >= 0.3 is 0 Å². The van der Waals surface area contributed by atoms with Gasteiger partial charge in [0.15, 0.2) is 0 Å². The highest BCUT2D eigenvalue weighted by Crippen LogP contribution is 2.18. The Kier molecular flexibility index (Phi) is 3.82. The number of hydrogen-bond acceptors (Lipinski definition) is 2. The van der Waals surface area contributed by atoms with Crippen molar-refractivity contribution in [3.8, 4) is 0 Å². The van der Waals surface area contributed by atoms with E-state index in [9.17, 15) is 0 Å². The highest BCUT2D eigenvalue weighted by atomic mass is 15.2. The van der Waals surface area contributed by atoms with Crippen LogP contribution in [0.5, 0.6) is 0 Å². The van der Waals surface area contributed by atoms with E-state index in [2.05, 4.69) is 17.1 Å². The van der Waals surface area contributed by atoms with Gasteiger partial charge in [0.1, 0.15) is 0 Å². The minimum absolute atomic E-state index is 0.850. The predicted octanol–water partition coefficient (Wildman–Crippen LogP) is 1.86. The summed E-state index contributed by atoms with van der Waals surface area (Å²) >= 11 is 0. The van der Waals surface area contributed by atoms with Crippen molar-refractivity contribution < 1.29 is 0 Å². The second-order valence-electron chi connectivity index (χ2n) is 5.05. The largest absolute Gasteiger partial charge is 0.316 e. The van der Waals surface area contributed by atoms with Crippen LogP contribution >= 0.6 is 0 Å². The van der Waals surface area contributed by atoms with E-state index in [-0.39, 0.29) is 0 Å². The molecule has 2 aliphatic heterocycles. The van der Waals surface area contributed by atoms with E-state index in [1.54, 1.807) is 0 Å². The quantitative estimate of drug-likeness (QED) is 0.738. The average Bonchev–Trinajstić information content (AvgIpc) is 2.12. The Labute approximate surface area is 88.1 Å². The Morgan fingerprint density at radius 1 is 1.29 bits per heavy atom. The second-order valence-corrected chi connectivity index (χ2v) is 5.05. The van der Waals surface area contributed by atoms with Crippen molar-refractivity contribution in [2.45, 2.75) is 45.1 Å². The summed E-state index contributed by atoms with van der Waals surface area (Å²) < 4.78 is 0. The summed E-state index contributed by atoms with van der Waals surface area (Å²) in [6.07, 6.45) is 7.15. The van der Waals surface area contributed by atoms with Gasteiger partial charge in [-0.3, -0.25) is 0 Å². The molecule has 0 saturated carbocycles. The zero-order valence-electron chi connectivity index (χ0n) is 9.47. The fraction of sp³-hybridized carbons (Fsp3) is 1.00. The molecular weight excluding hydrogens is 172 g/mol. The summed E-state index contributed by atoms with van der Waals surface area (Å²) in [5.74, 6) is 0.995. The van der Waals surface area contributed by atoms with Crippen molar-refractivity contribution in [1.82, 2.24) is 10.2 Å². The number of nitrogens with one attached hydrogen (secondary N) is 1. The molecule has 2 aliphatic rings. The molecule has 2 heteroatoms. The molecule has 2 fully saturated rings. The summed E-state index contributed by atoms with van der Waals surface area (Å²) in [6, 6.07) is 0.850. The van der Waals surface area contributed by atoms with Crippen LogP contribution < -0.4 is 5.32 Å². The monoisotopic (exact) mass is 196 g/mol. The highest BCUT2D eigenvalue weighted by Gasteiger charge is 2.19. The van der Waals surface area contributed by atoms with Crippen molar-refractivity contribution in [3.05, 3.63) is 0 Å². The van der Waals surface area contributed by atoms with Crippen LogP contribution in [-0.4, -0.2) is 37.1 Å². The van der Waals surface area contributed by atoms with E-state index in [1.807, 2.05) is 0 Å². The van der Waals surface area contributed by atoms with Crippen LogP contribution in [0.4, 0.5) is 0 Å². The molecule has 2 saturated heterocycles. The third-order valence-corrected chi connectivity index (χ3v) is 3.86. The number of rotatable bonds is 4. The van der Waals surface area contributed by atoms with E-state index in [1.165, 1.54) is 58.3 Å². The molecule has 2 heterocycles. The minimum atomic E-state index is 0.850. The van der Waals surface area contributed by atoms with E-state index in [4.69, 9.17) is 0 Å². The number of nitrogens with zero attached hydrogens (tertiary/aromatic N) is 1. The van der Waals surface area contributed by atoms with Crippen LogP contribution in [0.2, 0.25) is 0 Å². The molecule has 1 unspecified atom stereocenters. The standard InChI is InChI=1S/C12H24N2/c1-11-5-2-3-7-14(11)8-4-6-12-9-13-10-12/h11-13H,2-10H2,1H3. The Bertz CT molecular complexity index is 166. The molecule has 2 rings (SSSR count). The van der Waals surface area contributed by atoms with Crippen molar-refractivity contribution in [2.75, 3.05) is 26.2 Å². The van der Waals surface area contributed by atoms with Gasteiger partial charge in [0.25, 0.3) is 0 Å².